The summed E-state index contributed by atoms with van der Waals surface area (Å²) >= 11 is 0. The van der Waals surface area contributed by atoms with Crippen LogP contribution in [0.4, 0.5) is 0 Å². The predicted molar refractivity (Wildman–Crippen MR) is 132 cm³/mol. The Bertz CT molecular complexity index is 1380. The molecular formula is C27H29NO11. The molecule has 7 N–H and O–H groups in total. The summed E-state index contributed by atoms with van der Waals surface area (Å²) in [5, 5.41) is 53.7. The van der Waals surface area contributed by atoms with Crippen molar-refractivity contribution in [3.05, 3.63) is 51.6 Å². The lowest BCUT2D eigenvalue weighted by Crippen LogP contribution is -2.53. The highest BCUT2D eigenvalue weighted by molar-refractivity contribution is 6.31. The van der Waals surface area contributed by atoms with Crippen LogP contribution in [0, 0.1) is 0 Å². The van der Waals surface area contributed by atoms with Crippen molar-refractivity contribution in [2.24, 2.45) is 5.73 Å². The average Bonchev–Trinajstić information content (AvgIpc) is 2.90. The molecule has 1 unspecified atom stereocenters. The molecule has 0 spiro atoms. The number of aromatic hydroxyl groups is 2. The van der Waals surface area contributed by atoms with E-state index in [0.717, 1.165) is 0 Å². The minimum absolute atomic E-state index is 0.0173. The molecule has 1 saturated heterocycles. The zero-order valence-corrected chi connectivity index (χ0v) is 21.2. The molecule has 3 aliphatic rings. The fraction of sp³-hybridized carbons (Fsp3) is 0.444. The van der Waals surface area contributed by atoms with Gasteiger partial charge in [-0.15, -0.1) is 0 Å². The van der Waals surface area contributed by atoms with E-state index in [4.69, 9.17) is 19.9 Å². The Morgan fingerprint density at radius 1 is 1.15 bits per heavy atom. The third kappa shape index (κ3) is 4.11. The van der Waals surface area contributed by atoms with E-state index in [1.807, 2.05) is 0 Å². The number of carbonyl (C=O) groups is 3. The van der Waals surface area contributed by atoms with Gasteiger partial charge in [0.2, 0.25) is 5.78 Å². The fourth-order valence-corrected chi connectivity index (χ4v) is 5.75. The maximum atomic E-state index is 13.6. The van der Waals surface area contributed by atoms with E-state index in [9.17, 15) is 39.9 Å². The first kappa shape index (κ1) is 27.2. The number of benzene rings is 2. The molecule has 12 heteroatoms. The lowest BCUT2D eigenvalue weighted by atomic mass is 9.72. The smallest absolute Gasteiger partial charge is 0.202 e. The molecule has 1 aliphatic heterocycles. The van der Waals surface area contributed by atoms with Crippen molar-refractivity contribution >= 4 is 17.3 Å². The molecule has 2 aromatic carbocycles. The summed E-state index contributed by atoms with van der Waals surface area (Å²) in [5.41, 5.74) is 2.37. The van der Waals surface area contributed by atoms with Gasteiger partial charge in [0.1, 0.15) is 29.5 Å². The van der Waals surface area contributed by atoms with Crippen LogP contribution in [0.3, 0.4) is 0 Å². The number of rotatable bonds is 5. The SMILES string of the molecule is COc1cccc2c1C(=O)c1c(O)c3c(c(O)c1C2=O)C[C@@](O)(C(=O)CO)C[C@@H]3O[C@H]1CC(N)[C@H](O)[C@H](C)O1. The molecule has 0 saturated carbocycles. The van der Waals surface area contributed by atoms with Gasteiger partial charge in [-0.3, -0.25) is 14.4 Å². The number of aliphatic hydroxyl groups is 3. The van der Waals surface area contributed by atoms with Crippen LogP contribution < -0.4 is 10.5 Å². The third-order valence-corrected chi connectivity index (χ3v) is 7.81. The van der Waals surface area contributed by atoms with Gasteiger partial charge in [0.25, 0.3) is 0 Å². The van der Waals surface area contributed by atoms with Crippen LogP contribution >= 0.6 is 0 Å². The van der Waals surface area contributed by atoms with Gasteiger partial charge in [-0.2, -0.15) is 0 Å². The number of hydrogen-bond acceptors (Lipinski definition) is 12. The summed E-state index contributed by atoms with van der Waals surface area (Å²) in [6, 6.07) is 3.64. The molecule has 2 aromatic rings. The highest BCUT2D eigenvalue weighted by atomic mass is 16.7. The van der Waals surface area contributed by atoms with E-state index in [-0.39, 0.29) is 34.4 Å². The standard InChI is InChI=1S/C27H29NO11/c1-10-22(31)13(28)6-17(38-10)39-15-8-27(36,16(30)9-29)7-12-19(15)26(35)21-20(24(12)33)23(32)11-4-3-5-14(37-2)18(11)25(21)34/h3-5,10,13,15,17,22,29,31,33,35-36H,6-9,28H2,1-2H3/t10-,13?,15-,17-,22+,27-/m0/s1. The Morgan fingerprint density at radius 3 is 2.49 bits per heavy atom. The number of nitrogens with two attached hydrogens (primary N) is 1. The van der Waals surface area contributed by atoms with Gasteiger partial charge in [0.15, 0.2) is 17.9 Å². The molecule has 1 fully saturated rings. The first-order chi connectivity index (χ1) is 18.4. The van der Waals surface area contributed by atoms with Gasteiger partial charge in [-0.1, -0.05) is 12.1 Å². The van der Waals surface area contributed by atoms with E-state index in [1.54, 1.807) is 6.92 Å². The number of fused-ring (bicyclic) bond motifs is 3. The summed E-state index contributed by atoms with van der Waals surface area (Å²) in [7, 11) is 1.32. The topological polar surface area (TPSA) is 206 Å². The number of ether oxygens (including phenoxy) is 3. The van der Waals surface area contributed by atoms with Crippen LogP contribution in [0.15, 0.2) is 18.2 Å². The van der Waals surface area contributed by atoms with Gasteiger partial charge in [0.05, 0.1) is 42.1 Å². The largest absolute Gasteiger partial charge is 0.507 e. The molecule has 0 bridgehead atoms. The van der Waals surface area contributed by atoms with E-state index < -0.39 is 95.7 Å². The lowest BCUT2D eigenvalue weighted by molar-refractivity contribution is -0.247. The quantitative estimate of drug-likeness (QED) is 0.235. The van der Waals surface area contributed by atoms with E-state index in [2.05, 4.69) is 0 Å². The van der Waals surface area contributed by atoms with Crippen LogP contribution in [0.25, 0.3) is 0 Å². The van der Waals surface area contributed by atoms with Gasteiger partial charge in [-0.25, -0.2) is 0 Å². The Morgan fingerprint density at radius 2 is 1.85 bits per heavy atom. The number of carbonyl (C=O) groups excluding carboxylic acids is 3. The average molecular weight is 544 g/mol. The number of phenols is 2. The van der Waals surface area contributed by atoms with Crippen molar-refractivity contribution in [1.82, 2.24) is 0 Å². The highest BCUT2D eigenvalue weighted by Gasteiger charge is 2.50. The van der Waals surface area contributed by atoms with Crippen LogP contribution in [-0.4, -0.2) is 86.7 Å². The van der Waals surface area contributed by atoms with Gasteiger partial charge < -0.3 is 45.5 Å². The number of ketones is 3. The number of aliphatic hydroxyl groups excluding tert-OH is 2. The zero-order chi connectivity index (χ0) is 28.4. The van der Waals surface area contributed by atoms with Crippen LogP contribution in [-0.2, 0) is 20.7 Å². The molecule has 0 amide bonds. The summed E-state index contributed by atoms with van der Waals surface area (Å²) in [6.45, 7) is 0.560. The maximum absolute atomic E-state index is 13.6. The van der Waals surface area contributed by atoms with Gasteiger partial charge in [0, 0.05) is 42.0 Å². The molecule has 5 rings (SSSR count). The number of phenolic OH excluding ortho intramolecular Hbond substituents is 2. The molecular weight excluding hydrogens is 514 g/mol. The van der Waals surface area contributed by atoms with Crippen LogP contribution in [0.1, 0.15) is 68.8 Å². The Kier molecular flexibility index (Phi) is 6.74. The lowest BCUT2D eigenvalue weighted by Gasteiger charge is -2.42. The number of methoxy groups -OCH3 is 1. The minimum atomic E-state index is -2.24. The van der Waals surface area contributed by atoms with E-state index in [1.165, 1.54) is 25.3 Å². The van der Waals surface area contributed by atoms with E-state index >= 15 is 0 Å². The summed E-state index contributed by atoms with van der Waals surface area (Å²) in [5.74, 6) is -3.77. The summed E-state index contributed by atoms with van der Waals surface area (Å²) < 4.78 is 17.0. The number of hydrogen-bond donors (Lipinski definition) is 6. The number of Topliss-reactive ketones (excluding diaryl/α,β-unsaturated/α-hetero) is 1. The van der Waals surface area contributed by atoms with E-state index in [0.29, 0.717) is 0 Å². The minimum Gasteiger partial charge on any atom is -0.507 e. The predicted octanol–water partition coefficient (Wildman–Crippen LogP) is 0.00130. The van der Waals surface area contributed by atoms with Crippen molar-refractivity contribution in [1.29, 1.82) is 0 Å². The fourth-order valence-electron chi connectivity index (χ4n) is 5.75. The molecule has 6 atom stereocenters. The zero-order valence-electron chi connectivity index (χ0n) is 21.2. The molecule has 0 radical (unpaired) electrons. The molecule has 1 heterocycles. The third-order valence-electron chi connectivity index (χ3n) is 7.81. The van der Waals surface area contributed by atoms with Crippen molar-refractivity contribution < 1.29 is 54.1 Å². The summed E-state index contributed by atoms with van der Waals surface area (Å²) in [4.78, 5) is 39.7. The van der Waals surface area contributed by atoms with Gasteiger partial charge in [-0.05, 0) is 13.0 Å². The molecule has 0 aromatic heterocycles. The van der Waals surface area contributed by atoms with Crippen molar-refractivity contribution in [2.45, 2.75) is 62.4 Å². The molecule has 39 heavy (non-hydrogen) atoms. The first-order valence-corrected chi connectivity index (χ1v) is 12.4. The monoisotopic (exact) mass is 543 g/mol. The van der Waals surface area contributed by atoms with Gasteiger partial charge >= 0.3 is 0 Å². The van der Waals surface area contributed by atoms with Crippen molar-refractivity contribution in [3.63, 3.8) is 0 Å². The molecule has 2 aliphatic carbocycles. The summed E-state index contributed by atoms with van der Waals surface area (Å²) in [6.07, 6.45) is -5.12. The Labute approximate surface area is 222 Å². The van der Waals surface area contributed by atoms with Crippen molar-refractivity contribution in [3.8, 4) is 17.2 Å². The normalized spacial score (nSPS) is 29.8. The first-order valence-electron chi connectivity index (χ1n) is 12.4. The van der Waals surface area contributed by atoms with Crippen LogP contribution in [0.2, 0.25) is 0 Å². The van der Waals surface area contributed by atoms with Crippen LogP contribution in [0.5, 0.6) is 17.2 Å². The maximum Gasteiger partial charge on any atom is 0.202 e. The molecule has 12 nitrogen and oxygen atoms in total. The molecule has 208 valence electrons. The van der Waals surface area contributed by atoms with Crippen molar-refractivity contribution in [2.75, 3.05) is 13.7 Å². The highest BCUT2D eigenvalue weighted by Crippen LogP contribution is 2.52. The second kappa shape index (κ2) is 9.66. The second-order valence-corrected chi connectivity index (χ2v) is 10.2. The second-order valence-electron chi connectivity index (χ2n) is 10.2. The Hall–Kier alpha value is -3.39. The Balaban J connectivity index is 1.69.